The molecule has 0 aliphatic carbocycles. The van der Waals surface area contributed by atoms with Crippen LogP contribution in [0, 0.1) is 11.8 Å². The van der Waals surface area contributed by atoms with Crippen LogP contribution < -0.4 is 0 Å². The summed E-state index contributed by atoms with van der Waals surface area (Å²) in [7, 11) is 0. The average molecular weight is 379 g/mol. The van der Waals surface area contributed by atoms with E-state index in [0.29, 0.717) is 16.9 Å². The fourth-order valence-corrected chi connectivity index (χ4v) is 4.34. The number of halogens is 1. The standard InChI is InChI=1S/C23H23ClN2O/c1-15-10-16(2)14-26(13-15)23(27)20-12-22(17-6-5-7-18(24)11-17)25-21-9-4-3-8-19(20)21/h3-9,11-12,15-16H,10,13-14H2,1-2H3/t15-,16-/m1/s1. The fourth-order valence-electron chi connectivity index (χ4n) is 4.15. The number of likely N-dealkylation sites (tertiary alicyclic amines) is 1. The molecule has 1 aromatic heterocycles. The Bertz CT molecular complexity index is 991. The number of hydrogen-bond donors (Lipinski definition) is 0. The van der Waals surface area contributed by atoms with Crippen LogP contribution in [0.4, 0.5) is 0 Å². The van der Waals surface area contributed by atoms with E-state index < -0.39 is 0 Å². The Morgan fingerprint density at radius 2 is 1.78 bits per heavy atom. The molecule has 27 heavy (non-hydrogen) atoms. The van der Waals surface area contributed by atoms with Crippen LogP contribution in [0.5, 0.6) is 0 Å². The minimum absolute atomic E-state index is 0.0929. The van der Waals surface area contributed by atoms with Crippen molar-refractivity contribution in [1.82, 2.24) is 9.88 Å². The molecule has 138 valence electrons. The number of rotatable bonds is 2. The Morgan fingerprint density at radius 3 is 2.52 bits per heavy atom. The zero-order valence-electron chi connectivity index (χ0n) is 15.7. The third kappa shape index (κ3) is 3.70. The second-order valence-electron chi connectivity index (χ2n) is 7.74. The molecule has 1 aliphatic heterocycles. The molecule has 2 aromatic carbocycles. The highest BCUT2D eigenvalue weighted by Gasteiger charge is 2.27. The highest BCUT2D eigenvalue weighted by Crippen LogP contribution is 2.29. The van der Waals surface area contributed by atoms with Gasteiger partial charge in [0.2, 0.25) is 0 Å². The molecule has 0 unspecified atom stereocenters. The minimum atomic E-state index is 0.0929. The molecule has 4 heteroatoms. The summed E-state index contributed by atoms with van der Waals surface area (Å²) >= 11 is 6.17. The van der Waals surface area contributed by atoms with Crippen molar-refractivity contribution >= 4 is 28.4 Å². The summed E-state index contributed by atoms with van der Waals surface area (Å²) in [6.45, 7) is 6.06. The summed E-state index contributed by atoms with van der Waals surface area (Å²) < 4.78 is 0. The van der Waals surface area contributed by atoms with E-state index in [4.69, 9.17) is 16.6 Å². The first-order valence-corrected chi connectivity index (χ1v) is 9.84. The lowest BCUT2D eigenvalue weighted by Gasteiger charge is -2.35. The van der Waals surface area contributed by atoms with Crippen LogP contribution in [0.1, 0.15) is 30.6 Å². The summed E-state index contributed by atoms with van der Waals surface area (Å²) in [6, 6.07) is 17.4. The highest BCUT2D eigenvalue weighted by atomic mass is 35.5. The van der Waals surface area contributed by atoms with Crippen LogP contribution >= 0.6 is 11.6 Å². The summed E-state index contributed by atoms with van der Waals surface area (Å²) in [5, 5.41) is 1.56. The zero-order chi connectivity index (χ0) is 19.0. The first kappa shape index (κ1) is 18.0. The van der Waals surface area contributed by atoms with Gasteiger partial charge in [0, 0.05) is 29.1 Å². The van der Waals surface area contributed by atoms with Gasteiger partial charge in [0.15, 0.2) is 0 Å². The summed E-state index contributed by atoms with van der Waals surface area (Å²) in [5.41, 5.74) is 3.24. The Labute approximate surface area is 165 Å². The molecule has 1 aliphatic rings. The van der Waals surface area contributed by atoms with Gasteiger partial charge in [-0.3, -0.25) is 4.79 Å². The van der Waals surface area contributed by atoms with E-state index in [9.17, 15) is 4.79 Å². The van der Waals surface area contributed by atoms with Gasteiger partial charge in [-0.15, -0.1) is 0 Å². The number of fused-ring (bicyclic) bond motifs is 1. The lowest BCUT2D eigenvalue weighted by atomic mass is 9.91. The van der Waals surface area contributed by atoms with Crippen molar-refractivity contribution in [3.05, 3.63) is 65.2 Å². The van der Waals surface area contributed by atoms with E-state index in [1.165, 1.54) is 6.42 Å². The van der Waals surface area contributed by atoms with Crippen molar-refractivity contribution in [3.63, 3.8) is 0 Å². The highest BCUT2D eigenvalue weighted by molar-refractivity contribution is 6.30. The van der Waals surface area contributed by atoms with Gasteiger partial charge in [-0.25, -0.2) is 4.98 Å². The molecule has 1 fully saturated rings. The van der Waals surface area contributed by atoms with Crippen molar-refractivity contribution in [2.45, 2.75) is 20.3 Å². The van der Waals surface area contributed by atoms with Crippen molar-refractivity contribution in [2.24, 2.45) is 11.8 Å². The normalized spacial score (nSPS) is 20.0. The SMILES string of the molecule is C[C@@H]1C[C@@H](C)CN(C(=O)c2cc(-c3cccc(Cl)c3)nc3ccccc23)C1. The molecule has 0 bridgehead atoms. The lowest BCUT2D eigenvalue weighted by molar-refractivity contribution is 0.0625. The van der Waals surface area contributed by atoms with E-state index in [-0.39, 0.29) is 5.91 Å². The number of aromatic nitrogens is 1. The molecule has 2 heterocycles. The monoisotopic (exact) mass is 378 g/mol. The van der Waals surface area contributed by atoms with Crippen LogP contribution in [0.25, 0.3) is 22.2 Å². The van der Waals surface area contributed by atoms with Crippen LogP contribution in [0.2, 0.25) is 5.02 Å². The maximum atomic E-state index is 13.4. The van der Waals surface area contributed by atoms with Crippen LogP contribution in [0.15, 0.2) is 54.6 Å². The van der Waals surface area contributed by atoms with Gasteiger partial charge >= 0.3 is 0 Å². The average Bonchev–Trinajstić information content (AvgIpc) is 2.66. The number of para-hydroxylation sites is 1. The Hall–Kier alpha value is -2.39. The van der Waals surface area contributed by atoms with Gasteiger partial charge in [0.05, 0.1) is 16.8 Å². The number of hydrogen-bond acceptors (Lipinski definition) is 2. The first-order valence-electron chi connectivity index (χ1n) is 9.46. The molecule has 1 amide bonds. The molecular weight excluding hydrogens is 356 g/mol. The van der Waals surface area contributed by atoms with Gasteiger partial charge in [0.1, 0.15) is 0 Å². The van der Waals surface area contributed by atoms with Crippen LogP contribution in [-0.4, -0.2) is 28.9 Å². The van der Waals surface area contributed by atoms with E-state index in [2.05, 4.69) is 13.8 Å². The third-order valence-corrected chi connectivity index (χ3v) is 5.46. The topological polar surface area (TPSA) is 33.2 Å². The number of nitrogens with zero attached hydrogens (tertiary/aromatic N) is 2. The number of carbonyl (C=O) groups excluding carboxylic acids is 1. The molecule has 1 saturated heterocycles. The van der Waals surface area contributed by atoms with E-state index in [0.717, 1.165) is 40.8 Å². The Balaban J connectivity index is 1.82. The number of amides is 1. The number of benzene rings is 2. The third-order valence-electron chi connectivity index (χ3n) is 5.22. The van der Waals surface area contributed by atoms with E-state index in [1.807, 2.05) is 59.5 Å². The van der Waals surface area contributed by atoms with Crippen LogP contribution in [0.3, 0.4) is 0 Å². The number of piperidine rings is 1. The smallest absolute Gasteiger partial charge is 0.254 e. The predicted octanol–water partition coefficient (Wildman–Crippen LogP) is 5.67. The fraction of sp³-hybridized carbons (Fsp3) is 0.304. The maximum Gasteiger partial charge on any atom is 0.254 e. The van der Waals surface area contributed by atoms with Gasteiger partial charge in [-0.1, -0.05) is 55.8 Å². The minimum Gasteiger partial charge on any atom is -0.338 e. The van der Waals surface area contributed by atoms with Crippen molar-refractivity contribution in [1.29, 1.82) is 0 Å². The number of pyridine rings is 1. The molecule has 2 atom stereocenters. The maximum absolute atomic E-state index is 13.4. The van der Waals surface area contributed by atoms with Gasteiger partial charge < -0.3 is 4.90 Å². The van der Waals surface area contributed by atoms with Gasteiger partial charge in [-0.2, -0.15) is 0 Å². The molecule has 0 spiro atoms. The van der Waals surface area contributed by atoms with E-state index in [1.54, 1.807) is 0 Å². The molecule has 0 radical (unpaired) electrons. The van der Waals surface area contributed by atoms with Crippen LogP contribution in [-0.2, 0) is 0 Å². The summed E-state index contributed by atoms with van der Waals surface area (Å²) in [5.74, 6) is 1.15. The molecule has 3 nitrogen and oxygen atoms in total. The summed E-state index contributed by atoms with van der Waals surface area (Å²) in [4.78, 5) is 20.2. The summed E-state index contributed by atoms with van der Waals surface area (Å²) in [6.07, 6.45) is 1.18. The first-order chi connectivity index (χ1) is 13.0. The predicted molar refractivity (Wildman–Crippen MR) is 111 cm³/mol. The van der Waals surface area contributed by atoms with Gasteiger partial charge in [0.25, 0.3) is 5.91 Å². The molecule has 4 rings (SSSR count). The quantitative estimate of drug-likeness (QED) is 0.575. The second-order valence-corrected chi connectivity index (χ2v) is 8.18. The zero-order valence-corrected chi connectivity index (χ0v) is 16.4. The van der Waals surface area contributed by atoms with Gasteiger partial charge in [-0.05, 0) is 42.5 Å². The second kappa shape index (κ2) is 7.32. The van der Waals surface area contributed by atoms with E-state index >= 15 is 0 Å². The Morgan fingerprint density at radius 1 is 1.04 bits per heavy atom. The van der Waals surface area contributed by atoms with Crippen molar-refractivity contribution in [2.75, 3.05) is 13.1 Å². The largest absolute Gasteiger partial charge is 0.338 e. The molecule has 0 saturated carbocycles. The van der Waals surface area contributed by atoms with Crippen molar-refractivity contribution in [3.8, 4) is 11.3 Å². The Kier molecular flexibility index (Phi) is 4.88. The molecular formula is C23H23ClN2O. The number of carbonyl (C=O) groups is 1. The molecule has 3 aromatic rings. The molecule has 0 N–H and O–H groups in total. The lowest BCUT2D eigenvalue weighted by Crippen LogP contribution is -2.42. The van der Waals surface area contributed by atoms with Crippen molar-refractivity contribution < 1.29 is 4.79 Å².